The van der Waals surface area contributed by atoms with Crippen LogP contribution in [0.5, 0.6) is 11.5 Å². The van der Waals surface area contributed by atoms with Crippen molar-refractivity contribution in [1.82, 2.24) is 5.43 Å². The van der Waals surface area contributed by atoms with Crippen LogP contribution in [0.25, 0.3) is 0 Å². The number of benzene rings is 3. The molecule has 0 saturated carbocycles. The zero-order chi connectivity index (χ0) is 22.1. The fourth-order valence-electron chi connectivity index (χ4n) is 2.59. The monoisotopic (exact) mass is 481 g/mol. The fourth-order valence-corrected chi connectivity index (χ4v) is 2.99. The number of halogens is 1. The maximum Gasteiger partial charge on any atom is 0.329 e. The van der Waals surface area contributed by atoms with Crippen LogP contribution in [0.1, 0.15) is 11.1 Å². The lowest BCUT2D eigenvalue weighted by molar-refractivity contribution is -0.136. The van der Waals surface area contributed by atoms with E-state index in [0.29, 0.717) is 29.4 Å². The number of carbonyl (C=O) groups excluding carboxylic acids is 2. The third-order valence-corrected chi connectivity index (χ3v) is 4.59. The van der Waals surface area contributed by atoms with E-state index >= 15 is 0 Å². The van der Waals surface area contributed by atoms with Crippen LogP contribution in [-0.4, -0.2) is 25.1 Å². The molecule has 0 aliphatic rings. The second-order valence-corrected chi connectivity index (χ2v) is 7.26. The highest BCUT2D eigenvalue weighted by atomic mass is 79.9. The summed E-state index contributed by atoms with van der Waals surface area (Å²) in [6, 6.07) is 21.9. The number of hydrogen-bond donors (Lipinski definition) is 2. The van der Waals surface area contributed by atoms with Gasteiger partial charge in [0.25, 0.3) is 0 Å². The smallest absolute Gasteiger partial charge is 0.329 e. The Morgan fingerprint density at radius 1 is 0.968 bits per heavy atom. The maximum atomic E-state index is 12.0. The third-order valence-electron chi connectivity index (χ3n) is 4.09. The zero-order valence-corrected chi connectivity index (χ0v) is 18.3. The first kappa shape index (κ1) is 22.0. The summed E-state index contributed by atoms with van der Waals surface area (Å²) < 4.78 is 12.0. The lowest BCUT2D eigenvalue weighted by Crippen LogP contribution is -2.32. The summed E-state index contributed by atoms with van der Waals surface area (Å²) in [5.41, 5.74) is 4.40. The van der Waals surface area contributed by atoms with Gasteiger partial charge < -0.3 is 14.8 Å². The molecule has 8 heteroatoms. The average molecular weight is 482 g/mol. The molecule has 0 bridgehead atoms. The highest BCUT2D eigenvalue weighted by Gasteiger charge is 2.13. The standard InChI is InChI=1S/C23H20BrN3O4/c1-30-21-12-17(10-11-20(21)31-15-16-6-3-2-4-7-16)14-25-27-23(29)22(28)26-19-9-5-8-18(24)13-19/h2-14H,15H2,1H3,(H,26,28)(H,27,29)/b25-14-. The first-order valence-corrected chi connectivity index (χ1v) is 10.1. The zero-order valence-electron chi connectivity index (χ0n) is 16.7. The molecule has 0 aromatic heterocycles. The number of carbonyl (C=O) groups is 2. The van der Waals surface area contributed by atoms with Crippen molar-refractivity contribution < 1.29 is 19.1 Å². The van der Waals surface area contributed by atoms with Gasteiger partial charge in [-0.05, 0) is 47.5 Å². The van der Waals surface area contributed by atoms with Gasteiger partial charge in [-0.3, -0.25) is 9.59 Å². The Labute approximate surface area is 188 Å². The van der Waals surface area contributed by atoms with Crippen molar-refractivity contribution in [3.8, 4) is 11.5 Å². The van der Waals surface area contributed by atoms with E-state index in [1.807, 2.05) is 36.4 Å². The van der Waals surface area contributed by atoms with Gasteiger partial charge >= 0.3 is 11.8 Å². The second kappa shape index (κ2) is 10.9. The van der Waals surface area contributed by atoms with E-state index in [4.69, 9.17) is 9.47 Å². The molecule has 7 nitrogen and oxygen atoms in total. The normalized spacial score (nSPS) is 10.5. The molecule has 2 amide bonds. The largest absolute Gasteiger partial charge is 0.493 e. The summed E-state index contributed by atoms with van der Waals surface area (Å²) in [5, 5.41) is 6.32. The SMILES string of the molecule is COc1cc(/C=N\NC(=O)C(=O)Nc2cccc(Br)c2)ccc1OCc1ccccc1. The maximum absolute atomic E-state index is 12.0. The number of ether oxygens (including phenoxy) is 2. The van der Waals surface area contributed by atoms with Crippen molar-refractivity contribution in [3.05, 3.63) is 88.4 Å². The minimum absolute atomic E-state index is 0.411. The Bertz CT molecular complexity index is 1090. The molecule has 0 atom stereocenters. The van der Waals surface area contributed by atoms with Crippen LogP contribution in [0.3, 0.4) is 0 Å². The summed E-state index contributed by atoms with van der Waals surface area (Å²) in [4.78, 5) is 23.9. The summed E-state index contributed by atoms with van der Waals surface area (Å²) in [7, 11) is 1.54. The lowest BCUT2D eigenvalue weighted by Gasteiger charge is -2.11. The number of anilines is 1. The fraction of sp³-hybridized carbons (Fsp3) is 0.0870. The quantitative estimate of drug-likeness (QED) is 0.301. The summed E-state index contributed by atoms with van der Waals surface area (Å²) in [6.07, 6.45) is 1.41. The van der Waals surface area contributed by atoms with Gasteiger partial charge in [0, 0.05) is 10.2 Å². The molecule has 0 saturated heterocycles. The van der Waals surface area contributed by atoms with Gasteiger partial charge in [0.1, 0.15) is 6.61 Å². The number of nitrogens with zero attached hydrogens (tertiary/aromatic N) is 1. The van der Waals surface area contributed by atoms with Crippen LogP contribution >= 0.6 is 15.9 Å². The highest BCUT2D eigenvalue weighted by Crippen LogP contribution is 2.28. The minimum Gasteiger partial charge on any atom is -0.493 e. The van der Waals surface area contributed by atoms with Gasteiger partial charge in [0.2, 0.25) is 0 Å². The van der Waals surface area contributed by atoms with E-state index in [-0.39, 0.29) is 0 Å². The van der Waals surface area contributed by atoms with Crippen LogP contribution in [0.15, 0.2) is 82.4 Å². The van der Waals surface area contributed by atoms with Gasteiger partial charge in [-0.25, -0.2) is 5.43 Å². The van der Waals surface area contributed by atoms with E-state index in [9.17, 15) is 9.59 Å². The molecule has 0 radical (unpaired) electrons. The van der Waals surface area contributed by atoms with Gasteiger partial charge in [-0.15, -0.1) is 0 Å². The predicted octanol–water partition coefficient (Wildman–Crippen LogP) is 4.13. The van der Waals surface area contributed by atoms with Crippen LogP contribution in [-0.2, 0) is 16.2 Å². The van der Waals surface area contributed by atoms with E-state index in [1.54, 1.807) is 43.5 Å². The Kier molecular flexibility index (Phi) is 7.78. The van der Waals surface area contributed by atoms with Crippen molar-refractivity contribution in [2.24, 2.45) is 5.10 Å². The molecule has 0 aliphatic carbocycles. The van der Waals surface area contributed by atoms with Crippen LogP contribution in [0, 0.1) is 0 Å². The molecule has 31 heavy (non-hydrogen) atoms. The Hall–Kier alpha value is -3.65. The summed E-state index contributed by atoms with van der Waals surface area (Å²) in [6.45, 7) is 0.411. The van der Waals surface area contributed by atoms with Crippen LogP contribution in [0.4, 0.5) is 5.69 Å². The van der Waals surface area contributed by atoms with Gasteiger partial charge in [-0.2, -0.15) is 5.10 Å². The van der Waals surface area contributed by atoms with Crippen LogP contribution < -0.4 is 20.2 Å². The van der Waals surface area contributed by atoms with Crippen molar-refractivity contribution >= 4 is 39.6 Å². The third kappa shape index (κ3) is 6.68. The second-order valence-electron chi connectivity index (χ2n) is 6.35. The number of rotatable bonds is 7. The molecule has 158 valence electrons. The molecule has 0 heterocycles. The molecule has 3 aromatic carbocycles. The first-order chi connectivity index (χ1) is 15.0. The highest BCUT2D eigenvalue weighted by molar-refractivity contribution is 9.10. The number of hydrogen-bond acceptors (Lipinski definition) is 5. The van der Waals surface area contributed by atoms with E-state index < -0.39 is 11.8 Å². The van der Waals surface area contributed by atoms with Crippen molar-refractivity contribution in [2.45, 2.75) is 6.61 Å². The Morgan fingerprint density at radius 3 is 2.52 bits per heavy atom. The molecule has 0 unspecified atom stereocenters. The Morgan fingerprint density at radius 2 is 1.77 bits per heavy atom. The molecule has 3 aromatic rings. The first-order valence-electron chi connectivity index (χ1n) is 9.30. The summed E-state index contributed by atoms with van der Waals surface area (Å²) >= 11 is 3.30. The molecular formula is C23H20BrN3O4. The van der Waals surface area contributed by atoms with E-state index in [2.05, 4.69) is 31.8 Å². The molecule has 3 rings (SSSR count). The van der Waals surface area contributed by atoms with Gasteiger partial charge in [0.05, 0.1) is 13.3 Å². The summed E-state index contributed by atoms with van der Waals surface area (Å²) in [5.74, 6) is -0.594. The number of methoxy groups -OCH3 is 1. The molecule has 0 fully saturated rings. The number of hydrazone groups is 1. The molecule has 0 spiro atoms. The van der Waals surface area contributed by atoms with Gasteiger partial charge in [-0.1, -0.05) is 52.3 Å². The predicted molar refractivity (Wildman–Crippen MR) is 122 cm³/mol. The topological polar surface area (TPSA) is 89.0 Å². The molecular weight excluding hydrogens is 462 g/mol. The van der Waals surface area contributed by atoms with Crippen molar-refractivity contribution in [1.29, 1.82) is 0 Å². The van der Waals surface area contributed by atoms with Crippen molar-refractivity contribution in [2.75, 3.05) is 12.4 Å². The van der Waals surface area contributed by atoms with E-state index in [0.717, 1.165) is 10.0 Å². The van der Waals surface area contributed by atoms with Crippen LogP contribution in [0.2, 0.25) is 0 Å². The van der Waals surface area contributed by atoms with Gasteiger partial charge in [0.15, 0.2) is 11.5 Å². The minimum atomic E-state index is -0.883. The molecule has 0 aliphatic heterocycles. The number of nitrogens with one attached hydrogen (secondary N) is 2. The lowest BCUT2D eigenvalue weighted by atomic mass is 10.2. The molecule has 2 N–H and O–H groups in total. The average Bonchev–Trinajstić information content (AvgIpc) is 2.78. The van der Waals surface area contributed by atoms with E-state index in [1.165, 1.54) is 6.21 Å². The Balaban J connectivity index is 1.56. The number of amides is 2. The van der Waals surface area contributed by atoms with Crippen molar-refractivity contribution in [3.63, 3.8) is 0 Å².